The zero-order valence-corrected chi connectivity index (χ0v) is 11.8. The molecule has 2 rings (SSSR count). The first-order chi connectivity index (χ1) is 9.24. The lowest BCUT2D eigenvalue weighted by atomic mass is 9.79. The van der Waals surface area contributed by atoms with E-state index in [1.807, 2.05) is 30.3 Å². The predicted octanol–water partition coefficient (Wildman–Crippen LogP) is 2.99. The van der Waals surface area contributed by atoms with Gasteiger partial charge in [0, 0.05) is 6.54 Å². The van der Waals surface area contributed by atoms with Crippen LogP contribution in [0.1, 0.15) is 32.6 Å². The van der Waals surface area contributed by atoms with Gasteiger partial charge in [-0.25, -0.2) is 0 Å². The Bertz CT molecular complexity index is 368. The first kappa shape index (κ1) is 14.4. The van der Waals surface area contributed by atoms with Gasteiger partial charge in [0.2, 0.25) is 0 Å². The van der Waals surface area contributed by atoms with Crippen LogP contribution in [-0.4, -0.2) is 25.4 Å². The quantitative estimate of drug-likeness (QED) is 0.802. The highest BCUT2D eigenvalue weighted by atomic mass is 16.5. The number of hydrogen-bond acceptors (Lipinski definition) is 3. The average Bonchev–Trinajstić information content (AvgIpc) is 2.45. The number of benzene rings is 1. The second kappa shape index (κ2) is 6.92. The summed E-state index contributed by atoms with van der Waals surface area (Å²) in [6.07, 6.45) is 4.68. The fourth-order valence-electron chi connectivity index (χ4n) is 2.92. The van der Waals surface area contributed by atoms with E-state index < -0.39 is 0 Å². The number of rotatable bonds is 6. The minimum absolute atomic E-state index is 0.113. The van der Waals surface area contributed by atoms with Crippen molar-refractivity contribution in [2.45, 2.75) is 38.2 Å². The molecule has 2 unspecified atom stereocenters. The Hall–Kier alpha value is -1.06. The minimum Gasteiger partial charge on any atom is -0.491 e. The molecule has 0 bridgehead atoms. The molecule has 1 aliphatic rings. The van der Waals surface area contributed by atoms with Crippen molar-refractivity contribution in [3.63, 3.8) is 0 Å². The zero-order valence-electron chi connectivity index (χ0n) is 11.8. The molecule has 1 aromatic rings. The molecule has 1 aromatic carbocycles. The van der Waals surface area contributed by atoms with Crippen LogP contribution in [0.2, 0.25) is 0 Å². The second-order valence-corrected chi connectivity index (χ2v) is 5.60. The summed E-state index contributed by atoms with van der Waals surface area (Å²) in [5.74, 6) is 1.61. The topological polar surface area (TPSA) is 44.5 Å². The van der Waals surface area contributed by atoms with Gasteiger partial charge in [-0.1, -0.05) is 38.0 Å². The van der Waals surface area contributed by atoms with Crippen LogP contribution in [0.5, 0.6) is 5.75 Å². The van der Waals surface area contributed by atoms with Crippen molar-refractivity contribution in [2.24, 2.45) is 11.7 Å². The molecule has 106 valence electrons. The standard InChI is InChI=1S/C16H25NO2/c1-14-6-5-9-16(12-14,13-17)19-11-10-18-15-7-3-2-4-8-15/h2-4,7-8,14H,5-6,9-13,17H2,1H3. The molecule has 0 radical (unpaired) electrons. The fourth-order valence-corrected chi connectivity index (χ4v) is 2.92. The Morgan fingerprint density at radius 3 is 2.74 bits per heavy atom. The van der Waals surface area contributed by atoms with Crippen molar-refractivity contribution in [1.29, 1.82) is 0 Å². The number of para-hydroxylation sites is 1. The molecule has 3 heteroatoms. The van der Waals surface area contributed by atoms with E-state index in [1.165, 1.54) is 12.8 Å². The summed E-state index contributed by atoms with van der Waals surface area (Å²) in [6.45, 7) is 4.09. The van der Waals surface area contributed by atoms with Gasteiger partial charge in [0.1, 0.15) is 12.4 Å². The predicted molar refractivity (Wildman–Crippen MR) is 77.3 cm³/mol. The maximum absolute atomic E-state index is 6.06. The van der Waals surface area contributed by atoms with Crippen LogP contribution >= 0.6 is 0 Å². The van der Waals surface area contributed by atoms with Crippen LogP contribution in [0.3, 0.4) is 0 Å². The van der Waals surface area contributed by atoms with E-state index in [2.05, 4.69) is 6.92 Å². The van der Waals surface area contributed by atoms with Gasteiger partial charge in [-0.15, -0.1) is 0 Å². The molecule has 1 fully saturated rings. The molecule has 0 aliphatic heterocycles. The highest BCUT2D eigenvalue weighted by Crippen LogP contribution is 2.34. The molecule has 2 atom stereocenters. The Kier molecular flexibility index (Phi) is 5.23. The number of ether oxygens (including phenoxy) is 2. The fraction of sp³-hybridized carbons (Fsp3) is 0.625. The Balaban J connectivity index is 1.74. The molecule has 0 heterocycles. The van der Waals surface area contributed by atoms with Gasteiger partial charge in [-0.2, -0.15) is 0 Å². The van der Waals surface area contributed by atoms with E-state index in [1.54, 1.807) is 0 Å². The molecular weight excluding hydrogens is 238 g/mol. The summed E-state index contributed by atoms with van der Waals surface area (Å²) in [5.41, 5.74) is 5.81. The first-order valence-corrected chi connectivity index (χ1v) is 7.26. The molecule has 19 heavy (non-hydrogen) atoms. The van der Waals surface area contributed by atoms with E-state index in [4.69, 9.17) is 15.2 Å². The van der Waals surface area contributed by atoms with E-state index in [0.717, 1.165) is 18.6 Å². The molecule has 3 nitrogen and oxygen atoms in total. The third-order valence-electron chi connectivity index (χ3n) is 3.93. The van der Waals surface area contributed by atoms with E-state index in [9.17, 15) is 0 Å². The summed E-state index contributed by atoms with van der Waals surface area (Å²) >= 11 is 0. The maximum atomic E-state index is 6.06. The van der Waals surface area contributed by atoms with Gasteiger partial charge in [0.25, 0.3) is 0 Å². The van der Waals surface area contributed by atoms with Crippen LogP contribution in [0, 0.1) is 5.92 Å². The lowest BCUT2D eigenvalue weighted by molar-refractivity contribution is -0.0815. The first-order valence-electron chi connectivity index (χ1n) is 7.26. The Labute approximate surface area is 116 Å². The smallest absolute Gasteiger partial charge is 0.119 e. The molecule has 1 aliphatic carbocycles. The van der Waals surface area contributed by atoms with Gasteiger partial charge < -0.3 is 15.2 Å². The van der Waals surface area contributed by atoms with Gasteiger partial charge in [0.05, 0.1) is 12.2 Å². The summed E-state index contributed by atoms with van der Waals surface area (Å²) in [4.78, 5) is 0. The molecule has 0 amide bonds. The van der Waals surface area contributed by atoms with E-state index >= 15 is 0 Å². The molecule has 1 saturated carbocycles. The number of hydrogen-bond donors (Lipinski definition) is 1. The van der Waals surface area contributed by atoms with Gasteiger partial charge in [0.15, 0.2) is 0 Å². The normalized spacial score (nSPS) is 27.2. The number of nitrogens with two attached hydrogens (primary N) is 1. The van der Waals surface area contributed by atoms with E-state index in [0.29, 0.717) is 25.7 Å². The van der Waals surface area contributed by atoms with Crippen LogP contribution < -0.4 is 10.5 Å². The van der Waals surface area contributed by atoms with Crippen molar-refractivity contribution < 1.29 is 9.47 Å². The Morgan fingerprint density at radius 2 is 2.05 bits per heavy atom. The Morgan fingerprint density at radius 1 is 1.26 bits per heavy atom. The van der Waals surface area contributed by atoms with Crippen molar-refractivity contribution in [3.05, 3.63) is 30.3 Å². The zero-order chi connectivity index (χ0) is 13.6. The van der Waals surface area contributed by atoms with Crippen molar-refractivity contribution in [3.8, 4) is 5.75 Å². The second-order valence-electron chi connectivity index (χ2n) is 5.60. The van der Waals surface area contributed by atoms with Gasteiger partial charge in [-0.05, 0) is 30.9 Å². The SMILES string of the molecule is CC1CCCC(CN)(OCCOc2ccccc2)C1. The molecule has 0 spiro atoms. The lowest BCUT2D eigenvalue weighted by Crippen LogP contribution is -2.45. The third kappa shape index (κ3) is 4.22. The highest BCUT2D eigenvalue weighted by Gasteiger charge is 2.34. The molecule has 0 saturated heterocycles. The summed E-state index contributed by atoms with van der Waals surface area (Å²) in [6, 6.07) is 9.85. The molecule has 0 aromatic heterocycles. The monoisotopic (exact) mass is 263 g/mol. The van der Waals surface area contributed by atoms with Crippen LogP contribution in [0.25, 0.3) is 0 Å². The molecular formula is C16H25NO2. The van der Waals surface area contributed by atoms with Gasteiger partial charge >= 0.3 is 0 Å². The summed E-state index contributed by atoms with van der Waals surface area (Å²) in [7, 11) is 0. The van der Waals surface area contributed by atoms with Crippen molar-refractivity contribution in [1.82, 2.24) is 0 Å². The average molecular weight is 263 g/mol. The third-order valence-corrected chi connectivity index (χ3v) is 3.93. The van der Waals surface area contributed by atoms with Crippen LogP contribution in [0.15, 0.2) is 30.3 Å². The van der Waals surface area contributed by atoms with E-state index in [-0.39, 0.29) is 5.60 Å². The lowest BCUT2D eigenvalue weighted by Gasteiger charge is -2.39. The van der Waals surface area contributed by atoms with Crippen molar-refractivity contribution in [2.75, 3.05) is 19.8 Å². The largest absolute Gasteiger partial charge is 0.491 e. The maximum Gasteiger partial charge on any atom is 0.119 e. The van der Waals surface area contributed by atoms with Crippen molar-refractivity contribution >= 4 is 0 Å². The van der Waals surface area contributed by atoms with Crippen LogP contribution in [-0.2, 0) is 4.74 Å². The van der Waals surface area contributed by atoms with Gasteiger partial charge in [-0.3, -0.25) is 0 Å². The minimum atomic E-state index is -0.113. The summed E-state index contributed by atoms with van der Waals surface area (Å²) in [5, 5.41) is 0. The highest BCUT2D eigenvalue weighted by molar-refractivity contribution is 5.20. The molecule has 2 N–H and O–H groups in total. The summed E-state index contributed by atoms with van der Waals surface area (Å²) < 4.78 is 11.7. The van der Waals surface area contributed by atoms with Crippen LogP contribution in [0.4, 0.5) is 0 Å².